The molecule has 0 fully saturated rings. The van der Waals surface area contributed by atoms with E-state index in [1.165, 1.54) is 0 Å². The third kappa shape index (κ3) is 3.46. The van der Waals surface area contributed by atoms with E-state index in [0.29, 0.717) is 17.2 Å². The molecule has 4 nitrogen and oxygen atoms in total. The number of hydrogen-bond acceptors (Lipinski definition) is 3. The second-order valence-corrected chi connectivity index (χ2v) is 6.32. The van der Waals surface area contributed by atoms with Crippen molar-refractivity contribution in [2.75, 3.05) is 5.32 Å². The highest BCUT2D eigenvalue weighted by Gasteiger charge is 2.23. The maximum atomic E-state index is 12.2. The highest BCUT2D eigenvalue weighted by Crippen LogP contribution is 2.35. The SMILES string of the molecule is O=C1Nc2cc(Cl)ccc2C1=Cc1ccc(OCc2ccccn2)cc1. The van der Waals surface area contributed by atoms with Crippen LogP contribution in [0.4, 0.5) is 5.69 Å². The zero-order valence-corrected chi connectivity index (χ0v) is 14.5. The van der Waals surface area contributed by atoms with Gasteiger partial charge in [0, 0.05) is 22.4 Å². The zero-order chi connectivity index (χ0) is 17.9. The van der Waals surface area contributed by atoms with Gasteiger partial charge in [0.1, 0.15) is 12.4 Å². The summed E-state index contributed by atoms with van der Waals surface area (Å²) in [6.45, 7) is 0.415. The van der Waals surface area contributed by atoms with E-state index in [2.05, 4.69) is 10.3 Å². The van der Waals surface area contributed by atoms with Gasteiger partial charge in [-0.15, -0.1) is 0 Å². The van der Waals surface area contributed by atoms with Crippen molar-refractivity contribution in [3.8, 4) is 5.75 Å². The maximum Gasteiger partial charge on any atom is 0.256 e. The average Bonchev–Trinajstić information content (AvgIpc) is 2.96. The Morgan fingerprint density at radius 2 is 1.92 bits per heavy atom. The van der Waals surface area contributed by atoms with Crippen LogP contribution in [0.3, 0.4) is 0 Å². The topological polar surface area (TPSA) is 51.2 Å². The minimum absolute atomic E-state index is 0.127. The summed E-state index contributed by atoms with van der Waals surface area (Å²) >= 11 is 5.98. The Morgan fingerprint density at radius 3 is 2.69 bits per heavy atom. The van der Waals surface area contributed by atoms with Crippen LogP contribution in [-0.4, -0.2) is 10.9 Å². The van der Waals surface area contributed by atoms with Crippen molar-refractivity contribution in [3.05, 3.63) is 88.7 Å². The van der Waals surface area contributed by atoms with E-state index < -0.39 is 0 Å². The van der Waals surface area contributed by atoms with Crippen molar-refractivity contribution in [2.45, 2.75) is 6.61 Å². The maximum absolute atomic E-state index is 12.2. The number of nitrogens with zero attached hydrogens (tertiary/aromatic N) is 1. The van der Waals surface area contributed by atoms with Gasteiger partial charge in [-0.1, -0.05) is 35.9 Å². The molecule has 0 atom stereocenters. The number of halogens is 1. The molecule has 128 valence electrons. The summed E-state index contributed by atoms with van der Waals surface area (Å²) in [7, 11) is 0. The van der Waals surface area contributed by atoms with Crippen LogP contribution < -0.4 is 10.1 Å². The smallest absolute Gasteiger partial charge is 0.256 e. The van der Waals surface area contributed by atoms with Crippen molar-refractivity contribution in [3.63, 3.8) is 0 Å². The predicted molar refractivity (Wildman–Crippen MR) is 103 cm³/mol. The van der Waals surface area contributed by atoms with Gasteiger partial charge in [0.05, 0.1) is 11.4 Å². The number of carbonyl (C=O) groups is 1. The zero-order valence-electron chi connectivity index (χ0n) is 13.8. The lowest BCUT2D eigenvalue weighted by Crippen LogP contribution is -2.03. The fourth-order valence-electron chi connectivity index (χ4n) is 2.78. The molecule has 1 aliphatic rings. The lowest BCUT2D eigenvalue weighted by Gasteiger charge is -2.06. The van der Waals surface area contributed by atoms with Crippen molar-refractivity contribution in [1.29, 1.82) is 0 Å². The lowest BCUT2D eigenvalue weighted by atomic mass is 10.0. The van der Waals surface area contributed by atoms with Crippen LogP contribution in [-0.2, 0) is 11.4 Å². The summed E-state index contributed by atoms with van der Waals surface area (Å²) in [5.74, 6) is 0.624. The third-order valence-electron chi connectivity index (χ3n) is 4.07. The van der Waals surface area contributed by atoms with Crippen LogP contribution in [0.1, 0.15) is 16.8 Å². The van der Waals surface area contributed by atoms with E-state index >= 15 is 0 Å². The monoisotopic (exact) mass is 362 g/mol. The molecule has 26 heavy (non-hydrogen) atoms. The van der Waals surface area contributed by atoms with E-state index in [9.17, 15) is 4.79 Å². The number of rotatable bonds is 4. The number of ether oxygens (including phenoxy) is 1. The number of fused-ring (bicyclic) bond motifs is 1. The third-order valence-corrected chi connectivity index (χ3v) is 4.30. The standard InChI is InChI=1S/C21H15ClN2O2/c22-15-6-9-18-19(21(25)24-20(18)12-15)11-14-4-7-17(8-5-14)26-13-16-3-1-2-10-23-16/h1-12H,13H2,(H,24,25). The first-order valence-corrected chi connectivity index (χ1v) is 8.52. The van der Waals surface area contributed by atoms with Gasteiger partial charge in [-0.25, -0.2) is 0 Å². The quantitative estimate of drug-likeness (QED) is 0.678. The highest BCUT2D eigenvalue weighted by molar-refractivity contribution is 6.36. The fourth-order valence-corrected chi connectivity index (χ4v) is 2.95. The number of carbonyl (C=O) groups excluding carboxylic acids is 1. The summed E-state index contributed by atoms with van der Waals surface area (Å²) in [5.41, 5.74) is 4.01. The minimum atomic E-state index is -0.127. The Kier molecular flexibility index (Phi) is 4.42. The first kappa shape index (κ1) is 16.4. The molecule has 1 N–H and O–H groups in total. The number of benzene rings is 2. The van der Waals surface area contributed by atoms with Gasteiger partial charge in [0.15, 0.2) is 0 Å². The molecule has 0 spiro atoms. The molecule has 0 unspecified atom stereocenters. The average molecular weight is 363 g/mol. The van der Waals surface area contributed by atoms with Crippen molar-refractivity contribution < 1.29 is 9.53 Å². The lowest BCUT2D eigenvalue weighted by molar-refractivity contribution is -0.110. The van der Waals surface area contributed by atoms with Crippen molar-refractivity contribution >= 4 is 34.8 Å². The van der Waals surface area contributed by atoms with E-state index in [0.717, 1.165) is 28.3 Å². The van der Waals surface area contributed by atoms with Crippen LogP contribution in [0.5, 0.6) is 5.75 Å². The number of hydrogen-bond donors (Lipinski definition) is 1. The largest absolute Gasteiger partial charge is 0.487 e. The molecule has 1 amide bonds. The number of aromatic nitrogens is 1. The Hall–Kier alpha value is -3.11. The number of pyridine rings is 1. The molecule has 5 heteroatoms. The van der Waals surface area contributed by atoms with Gasteiger partial charge in [0.25, 0.3) is 5.91 Å². The molecule has 0 bridgehead atoms. The molecule has 2 aromatic carbocycles. The Balaban J connectivity index is 1.51. The normalized spacial score (nSPS) is 14.2. The second kappa shape index (κ2) is 7.02. The number of anilines is 1. The molecule has 4 rings (SSSR count). The van der Waals surface area contributed by atoms with Crippen molar-refractivity contribution in [1.82, 2.24) is 4.98 Å². The molecule has 0 aliphatic carbocycles. The first-order valence-electron chi connectivity index (χ1n) is 8.15. The van der Waals surface area contributed by atoms with Gasteiger partial charge >= 0.3 is 0 Å². The summed E-state index contributed by atoms with van der Waals surface area (Å²) < 4.78 is 5.73. The Labute approximate surface area is 156 Å². The predicted octanol–water partition coefficient (Wildman–Crippen LogP) is 4.81. The van der Waals surface area contributed by atoms with Gasteiger partial charge < -0.3 is 10.1 Å². The number of amides is 1. The summed E-state index contributed by atoms with van der Waals surface area (Å²) in [5, 5.41) is 3.43. The first-order chi connectivity index (χ1) is 12.7. The van der Waals surface area contributed by atoms with Gasteiger partial charge in [-0.2, -0.15) is 0 Å². The molecule has 1 aliphatic heterocycles. The summed E-state index contributed by atoms with van der Waals surface area (Å²) in [4.78, 5) is 16.4. The molecule has 0 radical (unpaired) electrons. The molecule has 1 aromatic heterocycles. The van der Waals surface area contributed by atoms with E-state index in [4.69, 9.17) is 16.3 Å². The molecule has 2 heterocycles. The van der Waals surface area contributed by atoms with E-state index in [1.54, 1.807) is 18.3 Å². The van der Waals surface area contributed by atoms with Gasteiger partial charge in [-0.3, -0.25) is 9.78 Å². The molecule has 0 saturated heterocycles. The van der Waals surface area contributed by atoms with E-state index in [1.807, 2.05) is 54.6 Å². The highest BCUT2D eigenvalue weighted by atomic mass is 35.5. The molecular weight excluding hydrogens is 348 g/mol. The van der Waals surface area contributed by atoms with Crippen LogP contribution in [0.15, 0.2) is 66.9 Å². The minimum Gasteiger partial charge on any atom is -0.487 e. The van der Waals surface area contributed by atoms with Crippen LogP contribution in [0, 0.1) is 0 Å². The second-order valence-electron chi connectivity index (χ2n) is 5.88. The number of nitrogens with one attached hydrogen (secondary N) is 1. The van der Waals surface area contributed by atoms with E-state index in [-0.39, 0.29) is 5.91 Å². The summed E-state index contributed by atoms with van der Waals surface area (Å²) in [6, 6.07) is 18.7. The van der Waals surface area contributed by atoms with Gasteiger partial charge in [-0.05, 0) is 48.0 Å². The van der Waals surface area contributed by atoms with Gasteiger partial charge in [0.2, 0.25) is 0 Å². The molecular formula is C21H15ClN2O2. The van der Waals surface area contributed by atoms with Crippen molar-refractivity contribution in [2.24, 2.45) is 0 Å². The Bertz CT molecular complexity index is 983. The summed E-state index contributed by atoms with van der Waals surface area (Å²) in [6.07, 6.45) is 3.60. The molecule has 0 saturated carbocycles. The molecule has 3 aromatic rings. The fraction of sp³-hybridized carbons (Fsp3) is 0.0476. The Morgan fingerprint density at radius 1 is 1.08 bits per heavy atom. The van der Waals surface area contributed by atoms with Crippen LogP contribution in [0.25, 0.3) is 11.6 Å². The van der Waals surface area contributed by atoms with Crippen LogP contribution >= 0.6 is 11.6 Å². The van der Waals surface area contributed by atoms with Crippen LogP contribution in [0.2, 0.25) is 5.02 Å².